The Morgan fingerprint density at radius 2 is 2.04 bits per heavy atom. The van der Waals surface area contributed by atoms with Gasteiger partial charge < -0.3 is 15.2 Å². The topological polar surface area (TPSA) is 62.5 Å². The fourth-order valence-corrected chi connectivity index (χ4v) is 2.79. The molecule has 0 aliphatic heterocycles. The van der Waals surface area contributed by atoms with Crippen LogP contribution in [0.3, 0.4) is 0 Å². The Balaban J connectivity index is 1.95. The predicted molar refractivity (Wildman–Crippen MR) is 99.0 cm³/mol. The molecule has 0 bridgehead atoms. The highest BCUT2D eigenvalue weighted by atomic mass is 35.5. The number of nitrogens with one attached hydrogen (secondary N) is 2. The third-order valence-electron chi connectivity index (χ3n) is 3.62. The van der Waals surface area contributed by atoms with Gasteiger partial charge in [0, 0.05) is 28.7 Å². The molecule has 0 saturated carbocycles. The Morgan fingerprint density at radius 1 is 1.25 bits per heavy atom. The number of hydrogen-bond acceptors (Lipinski definition) is 3. The summed E-state index contributed by atoms with van der Waals surface area (Å²) in [6.07, 6.45) is 0.827. The van der Waals surface area contributed by atoms with E-state index in [1.165, 1.54) is 0 Å². The van der Waals surface area contributed by atoms with Crippen molar-refractivity contribution in [3.8, 4) is 0 Å². The lowest BCUT2D eigenvalue weighted by molar-refractivity contribution is 0.392. The van der Waals surface area contributed by atoms with Crippen molar-refractivity contribution >= 4 is 29.2 Å². The number of benzene rings is 1. The van der Waals surface area contributed by atoms with Gasteiger partial charge in [-0.25, -0.2) is 4.99 Å². The molecular weight excluding hydrogens is 347 g/mol. The van der Waals surface area contributed by atoms with Gasteiger partial charge in [-0.1, -0.05) is 34.4 Å². The Labute approximate surface area is 152 Å². The van der Waals surface area contributed by atoms with Gasteiger partial charge in [-0.2, -0.15) is 0 Å². The molecule has 0 spiro atoms. The summed E-state index contributed by atoms with van der Waals surface area (Å²) in [5.41, 5.74) is 3.01. The number of halogens is 2. The van der Waals surface area contributed by atoms with Crippen LogP contribution in [0.15, 0.2) is 27.7 Å². The summed E-state index contributed by atoms with van der Waals surface area (Å²) in [6, 6.07) is 5.43. The highest BCUT2D eigenvalue weighted by Crippen LogP contribution is 2.21. The molecule has 2 aromatic rings. The Hall–Kier alpha value is -1.72. The van der Waals surface area contributed by atoms with Crippen LogP contribution in [-0.2, 0) is 13.0 Å². The van der Waals surface area contributed by atoms with E-state index in [2.05, 4.69) is 20.8 Å². The molecule has 0 unspecified atom stereocenters. The highest BCUT2D eigenvalue weighted by Gasteiger charge is 2.08. The van der Waals surface area contributed by atoms with E-state index in [-0.39, 0.29) is 0 Å². The summed E-state index contributed by atoms with van der Waals surface area (Å²) in [5, 5.41) is 11.8. The van der Waals surface area contributed by atoms with Crippen LogP contribution < -0.4 is 10.6 Å². The average Bonchev–Trinajstić information content (AvgIpc) is 2.85. The molecule has 7 heteroatoms. The van der Waals surface area contributed by atoms with Crippen molar-refractivity contribution < 1.29 is 4.52 Å². The zero-order valence-electron chi connectivity index (χ0n) is 14.1. The number of aromatic nitrogens is 1. The summed E-state index contributed by atoms with van der Waals surface area (Å²) >= 11 is 12.1. The van der Waals surface area contributed by atoms with Gasteiger partial charge in [-0.05, 0) is 44.9 Å². The third kappa shape index (κ3) is 5.14. The molecule has 24 heavy (non-hydrogen) atoms. The predicted octanol–water partition coefficient (Wildman–Crippen LogP) is 3.90. The summed E-state index contributed by atoms with van der Waals surface area (Å²) in [6.45, 7) is 7.91. The van der Waals surface area contributed by atoms with Gasteiger partial charge in [0.15, 0.2) is 5.96 Å². The third-order valence-corrected chi connectivity index (χ3v) is 4.20. The van der Waals surface area contributed by atoms with E-state index in [4.69, 9.17) is 27.7 Å². The molecule has 1 aromatic carbocycles. The van der Waals surface area contributed by atoms with Crippen LogP contribution in [0.4, 0.5) is 0 Å². The molecule has 2 rings (SSSR count). The zero-order chi connectivity index (χ0) is 17.5. The van der Waals surface area contributed by atoms with Crippen molar-refractivity contribution in [1.82, 2.24) is 15.8 Å². The number of aliphatic imine (C=N–C) groups is 1. The minimum atomic E-state index is 0.483. The monoisotopic (exact) mass is 368 g/mol. The maximum atomic E-state index is 6.18. The van der Waals surface area contributed by atoms with Crippen molar-refractivity contribution in [3.05, 3.63) is 50.8 Å². The second-order valence-electron chi connectivity index (χ2n) is 5.41. The number of guanidine groups is 1. The van der Waals surface area contributed by atoms with E-state index in [9.17, 15) is 0 Å². The lowest BCUT2D eigenvalue weighted by Gasteiger charge is -2.11. The number of aryl methyl sites for hydroxylation is 2. The van der Waals surface area contributed by atoms with Gasteiger partial charge in [0.2, 0.25) is 0 Å². The summed E-state index contributed by atoms with van der Waals surface area (Å²) in [7, 11) is 0. The molecule has 5 nitrogen and oxygen atoms in total. The lowest BCUT2D eigenvalue weighted by atomic mass is 10.1. The second-order valence-corrected chi connectivity index (χ2v) is 6.25. The Morgan fingerprint density at radius 3 is 2.67 bits per heavy atom. The van der Waals surface area contributed by atoms with E-state index in [0.29, 0.717) is 16.6 Å². The van der Waals surface area contributed by atoms with Crippen molar-refractivity contribution in [1.29, 1.82) is 0 Å². The van der Waals surface area contributed by atoms with Crippen LogP contribution in [0.25, 0.3) is 0 Å². The maximum Gasteiger partial charge on any atom is 0.191 e. The van der Waals surface area contributed by atoms with E-state index < -0.39 is 0 Å². The van der Waals surface area contributed by atoms with E-state index in [1.807, 2.05) is 32.9 Å². The highest BCUT2D eigenvalue weighted by molar-refractivity contribution is 6.35. The molecule has 0 aliphatic carbocycles. The van der Waals surface area contributed by atoms with Crippen molar-refractivity contribution in [3.63, 3.8) is 0 Å². The first-order valence-electron chi connectivity index (χ1n) is 7.89. The van der Waals surface area contributed by atoms with Crippen LogP contribution in [0.2, 0.25) is 10.0 Å². The zero-order valence-corrected chi connectivity index (χ0v) is 15.6. The lowest BCUT2D eigenvalue weighted by Crippen LogP contribution is -2.38. The molecule has 0 atom stereocenters. The van der Waals surface area contributed by atoms with Crippen molar-refractivity contribution in [2.45, 2.75) is 33.7 Å². The number of hydrogen-bond donors (Lipinski definition) is 2. The van der Waals surface area contributed by atoms with Gasteiger partial charge in [-0.15, -0.1) is 0 Å². The fraction of sp³-hybridized carbons (Fsp3) is 0.412. The molecule has 0 aliphatic rings. The normalized spacial score (nSPS) is 11.6. The first kappa shape index (κ1) is 18.6. The van der Waals surface area contributed by atoms with Crippen LogP contribution in [-0.4, -0.2) is 24.2 Å². The first-order valence-corrected chi connectivity index (χ1v) is 8.64. The van der Waals surface area contributed by atoms with Crippen molar-refractivity contribution in [2.75, 3.05) is 13.1 Å². The van der Waals surface area contributed by atoms with E-state index in [1.54, 1.807) is 6.07 Å². The van der Waals surface area contributed by atoms with Gasteiger partial charge in [0.1, 0.15) is 5.76 Å². The summed E-state index contributed by atoms with van der Waals surface area (Å²) in [5.74, 6) is 1.61. The smallest absolute Gasteiger partial charge is 0.191 e. The largest absolute Gasteiger partial charge is 0.361 e. The molecular formula is C17H22Cl2N4O. The van der Waals surface area contributed by atoms with Gasteiger partial charge in [-0.3, -0.25) is 0 Å². The van der Waals surface area contributed by atoms with Crippen LogP contribution in [0.1, 0.15) is 29.5 Å². The second kappa shape index (κ2) is 8.94. The van der Waals surface area contributed by atoms with Crippen molar-refractivity contribution in [2.24, 2.45) is 4.99 Å². The maximum absolute atomic E-state index is 6.18. The van der Waals surface area contributed by atoms with Gasteiger partial charge in [0.25, 0.3) is 0 Å². The van der Waals surface area contributed by atoms with Crippen LogP contribution >= 0.6 is 23.2 Å². The summed E-state index contributed by atoms with van der Waals surface area (Å²) in [4.78, 5) is 4.57. The minimum Gasteiger partial charge on any atom is -0.361 e. The van der Waals surface area contributed by atoms with E-state index >= 15 is 0 Å². The molecule has 130 valence electrons. The molecule has 0 radical (unpaired) electrons. The fourth-order valence-electron chi connectivity index (χ4n) is 2.32. The van der Waals surface area contributed by atoms with Gasteiger partial charge in [0.05, 0.1) is 12.2 Å². The Bertz CT molecular complexity index is 693. The molecule has 0 saturated heterocycles. The van der Waals surface area contributed by atoms with E-state index in [0.717, 1.165) is 48.1 Å². The quantitative estimate of drug-likeness (QED) is 0.599. The molecule has 1 aromatic heterocycles. The summed E-state index contributed by atoms with van der Waals surface area (Å²) < 4.78 is 5.18. The SMILES string of the molecule is CCNC(=NCc1ccc(Cl)cc1Cl)NCCc1c(C)noc1C. The average molecular weight is 369 g/mol. The van der Waals surface area contributed by atoms with Crippen LogP contribution in [0.5, 0.6) is 0 Å². The van der Waals surface area contributed by atoms with Gasteiger partial charge >= 0.3 is 0 Å². The number of nitrogens with zero attached hydrogens (tertiary/aromatic N) is 2. The molecule has 0 fully saturated rings. The molecule has 2 N–H and O–H groups in total. The molecule has 0 amide bonds. The minimum absolute atomic E-state index is 0.483. The standard InChI is InChI=1S/C17H22Cl2N4O/c1-4-20-17(21-8-7-15-11(2)23-24-12(15)3)22-10-13-5-6-14(18)9-16(13)19/h5-6,9H,4,7-8,10H2,1-3H3,(H2,20,21,22). The first-order chi connectivity index (χ1) is 11.5. The number of rotatable bonds is 6. The van der Waals surface area contributed by atoms with Crippen LogP contribution in [0, 0.1) is 13.8 Å². The molecule has 1 heterocycles. The Kier molecular flexibility index (Phi) is 6.94.